The number of anilines is 1. The zero-order chi connectivity index (χ0) is 15.6. The summed E-state index contributed by atoms with van der Waals surface area (Å²) in [6.07, 6.45) is 1.71. The molecule has 2 fully saturated rings. The monoisotopic (exact) mass is 325 g/mol. The molecule has 0 saturated carbocycles. The third-order valence-corrected chi connectivity index (χ3v) is 4.65. The number of aryl methyl sites for hydroxylation is 1. The Labute approximate surface area is 135 Å². The Hall–Kier alpha value is -1.14. The van der Waals surface area contributed by atoms with Crippen molar-refractivity contribution in [3.05, 3.63) is 28.8 Å². The second-order valence-electron chi connectivity index (χ2n) is 6.04. The van der Waals surface area contributed by atoms with E-state index in [0.29, 0.717) is 24.8 Å². The summed E-state index contributed by atoms with van der Waals surface area (Å²) in [5.74, 6) is -0.353. The largest absolute Gasteiger partial charge is 0.347 e. The van der Waals surface area contributed by atoms with Gasteiger partial charge in [0, 0.05) is 10.7 Å². The summed E-state index contributed by atoms with van der Waals surface area (Å²) in [5.41, 5.74) is 1.80. The van der Waals surface area contributed by atoms with Crippen LogP contribution >= 0.6 is 11.6 Å². The summed E-state index contributed by atoms with van der Waals surface area (Å²) in [7, 11) is 0. The minimum Gasteiger partial charge on any atom is -0.347 e. The molecule has 1 amide bonds. The normalized spacial score (nSPS) is 21.2. The van der Waals surface area contributed by atoms with E-state index in [2.05, 4.69) is 5.32 Å². The van der Waals surface area contributed by atoms with Crippen molar-refractivity contribution in [3.8, 4) is 0 Å². The molecular weight excluding hydrogens is 304 g/mol. The highest BCUT2D eigenvalue weighted by molar-refractivity contribution is 6.31. The average Bonchev–Trinajstić information content (AvgIpc) is 2.94. The van der Waals surface area contributed by atoms with Gasteiger partial charge in [0.25, 0.3) is 5.91 Å². The molecule has 0 bridgehead atoms. The molecule has 6 heteroatoms. The number of benzene rings is 1. The molecular formula is C16H22ClN2O3+. The number of quaternary nitrogens is 1. The minimum atomic E-state index is -0.372. The van der Waals surface area contributed by atoms with Gasteiger partial charge in [0.05, 0.1) is 39.1 Å². The summed E-state index contributed by atoms with van der Waals surface area (Å²) in [6.45, 7) is 5.57. The van der Waals surface area contributed by atoms with Crippen LogP contribution in [0.4, 0.5) is 5.69 Å². The molecule has 120 valence electrons. The first-order valence-electron chi connectivity index (χ1n) is 7.74. The van der Waals surface area contributed by atoms with Crippen LogP contribution in [0.2, 0.25) is 5.02 Å². The van der Waals surface area contributed by atoms with Crippen LogP contribution in [0.25, 0.3) is 0 Å². The number of likely N-dealkylation sites (tertiary alicyclic amines) is 1. The first-order chi connectivity index (χ1) is 10.6. The van der Waals surface area contributed by atoms with Gasteiger partial charge >= 0.3 is 0 Å². The number of carbonyl (C=O) groups is 1. The van der Waals surface area contributed by atoms with Gasteiger partial charge in [0.15, 0.2) is 12.3 Å². The first kappa shape index (κ1) is 15.7. The van der Waals surface area contributed by atoms with Gasteiger partial charge in [-0.25, -0.2) is 0 Å². The lowest BCUT2D eigenvalue weighted by Crippen LogP contribution is -3.14. The summed E-state index contributed by atoms with van der Waals surface area (Å²) >= 11 is 5.98. The van der Waals surface area contributed by atoms with E-state index < -0.39 is 0 Å². The van der Waals surface area contributed by atoms with Crippen LogP contribution in [-0.2, 0) is 14.3 Å². The highest BCUT2D eigenvalue weighted by atomic mass is 35.5. The van der Waals surface area contributed by atoms with E-state index in [1.165, 1.54) is 4.90 Å². The summed E-state index contributed by atoms with van der Waals surface area (Å²) in [6, 6.07) is 5.52. The smallest absolute Gasteiger partial charge is 0.279 e. The van der Waals surface area contributed by atoms with E-state index in [-0.39, 0.29) is 11.7 Å². The maximum Gasteiger partial charge on any atom is 0.279 e. The van der Waals surface area contributed by atoms with Crippen molar-refractivity contribution < 1.29 is 19.2 Å². The minimum absolute atomic E-state index is 0.0181. The van der Waals surface area contributed by atoms with Gasteiger partial charge in [0.2, 0.25) is 0 Å². The molecule has 5 nitrogen and oxygen atoms in total. The Bertz CT molecular complexity index is 548. The predicted molar refractivity (Wildman–Crippen MR) is 84.3 cm³/mol. The van der Waals surface area contributed by atoms with E-state index in [1.807, 2.05) is 19.1 Å². The van der Waals surface area contributed by atoms with Crippen LogP contribution in [0.1, 0.15) is 18.4 Å². The van der Waals surface area contributed by atoms with Gasteiger partial charge in [0.1, 0.15) is 0 Å². The molecule has 2 N–H and O–H groups in total. The van der Waals surface area contributed by atoms with Crippen molar-refractivity contribution in [1.82, 2.24) is 0 Å². The van der Waals surface area contributed by atoms with Gasteiger partial charge in [-0.1, -0.05) is 17.7 Å². The number of nitrogens with one attached hydrogen (secondary N) is 2. The van der Waals surface area contributed by atoms with Crippen molar-refractivity contribution in [2.24, 2.45) is 0 Å². The Morgan fingerprint density at radius 3 is 2.68 bits per heavy atom. The Kier molecular flexibility index (Phi) is 4.68. The lowest BCUT2D eigenvalue weighted by molar-refractivity contribution is -0.900. The van der Waals surface area contributed by atoms with Gasteiger partial charge in [-0.3, -0.25) is 4.79 Å². The number of carbonyl (C=O) groups excluding carboxylic acids is 1. The molecule has 0 aromatic heterocycles. The van der Waals surface area contributed by atoms with Crippen LogP contribution in [0.15, 0.2) is 18.2 Å². The van der Waals surface area contributed by atoms with Crippen molar-refractivity contribution >= 4 is 23.2 Å². The topological polar surface area (TPSA) is 52.0 Å². The number of hydrogen-bond acceptors (Lipinski definition) is 3. The molecule has 2 aliphatic rings. The lowest BCUT2D eigenvalue weighted by Gasteiger charge is -2.34. The van der Waals surface area contributed by atoms with Crippen molar-refractivity contribution in [2.75, 3.05) is 38.2 Å². The molecule has 0 radical (unpaired) electrons. The van der Waals surface area contributed by atoms with Gasteiger partial charge < -0.3 is 19.7 Å². The molecule has 0 atom stereocenters. The average molecular weight is 326 g/mol. The predicted octanol–water partition coefficient (Wildman–Crippen LogP) is 1.01. The Morgan fingerprint density at radius 1 is 1.32 bits per heavy atom. The van der Waals surface area contributed by atoms with E-state index in [4.69, 9.17) is 21.1 Å². The third kappa shape index (κ3) is 3.60. The molecule has 3 rings (SSSR count). The second kappa shape index (κ2) is 6.54. The lowest BCUT2D eigenvalue weighted by atomic mass is 10.0. The Morgan fingerprint density at radius 2 is 2.00 bits per heavy atom. The van der Waals surface area contributed by atoms with Crippen LogP contribution in [0.5, 0.6) is 0 Å². The maximum atomic E-state index is 12.2. The number of hydrogen-bond donors (Lipinski definition) is 2. The highest BCUT2D eigenvalue weighted by Gasteiger charge is 2.42. The zero-order valence-electron chi connectivity index (χ0n) is 12.8. The van der Waals surface area contributed by atoms with Crippen LogP contribution in [0.3, 0.4) is 0 Å². The zero-order valence-corrected chi connectivity index (χ0v) is 13.5. The van der Waals surface area contributed by atoms with Crippen molar-refractivity contribution in [1.29, 1.82) is 0 Å². The highest BCUT2D eigenvalue weighted by Crippen LogP contribution is 2.27. The quantitative estimate of drug-likeness (QED) is 0.872. The first-order valence-corrected chi connectivity index (χ1v) is 8.12. The van der Waals surface area contributed by atoms with Crippen LogP contribution < -0.4 is 10.2 Å². The fraction of sp³-hybridized carbons (Fsp3) is 0.562. The fourth-order valence-corrected chi connectivity index (χ4v) is 3.27. The third-order valence-electron chi connectivity index (χ3n) is 4.42. The molecule has 1 aromatic rings. The maximum absolute atomic E-state index is 12.2. The van der Waals surface area contributed by atoms with E-state index in [9.17, 15) is 4.79 Å². The van der Waals surface area contributed by atoms with Crippen molar-refractivity contribution in [2.45, 2.75) is 25.6 Å². The molecule has 1 aromatic carbocycles. The van der Waals surface area contributed by atoms with Crippen LogP contribution in [0, 0.1) is 6.92 Å². The fourth-order valence-electron chi connectivity index (χ4n) is 3.10. The van der Waals surface area contributed by atoms with Crippen LogP contribution in [-0.4, -0.2) is 44.5 Å². The van der Waals surface area contributed by atoms with Gasteiger partial charge in [-0.2, -0.15) is 0 Å². The number of halogens is 1. The summed E-state index contributed by atoms with van der Waals surface area (Å²) < 4.78 is 11.4. The van der Waals surface area contributed by atoms with E-state index >= 15 is 0 Å². The molecule has 2 aliphatic heterocycles. The van der Waals surface area contributed by atoms with Gasteiger partial charge in [-0.15, -0.1) is 0 Å². The van der Waals surface area contributed by atoms with Gasteiger partial charge in [-0.05, 0) is 24.6 Å². The number of amides is 1. The molecule has 2 heterocycles. The standard InChI is InChI=1S/C16H21ClN2O3/c1-12-2-3-13(17)10-14(12)18-15(20)11-19-6-4-16(5-7-19)21-8-9-22-16/h2-3,10H,4-9,11H2,1H3,(H,18,20)/p+1. The molecule has 2 saturated heterocycles. The summed E-state index contributed by atoms with van der Waals surface area (Å²) in [4.78, 5) is 13.5. The SMILES string of the molecule is Cc1ccc(Cl)cc1NC(=O)C[NH+]1CCC2(CC1)OCCO2. The molecule has 1 spiro atoms. The summed E-state index contributed by atoms with van der Waals surface area (Å²) in [5, 5.41) is 3.58. The van der Waals surface area contributed by atoms with Crippen molar-refractivity contribution in [3.63, 3.8) is 0 Å². The number of ether oxygens (including phenoxy) is 2. The number of rotatable bonds is 3. The molecule has 0 aliphatic carbocycles. The molecule has 22 heavy (non-hydrogen) atoms. The Balaban J connectivity index is 1.51. The molecule has 0 unspecified atom stereocenters. The van der Waals surface area contributed by atoms with E-state index in [0.717, 1.165) is 37.2 Å². The second-order valence-corrected chi connectivity index (χ2v) is 6.48. The van der Waals surface area contributed by atoms with E-state index in [1.54, 1.807) is 6.07 Å². The number of piperidine rings is 1.